The van der Waals surface area contributed by atoms with E-state index in [9.17, 15) is 8.42 Å². The molecule has 158 valence electrons. The summed E-state index contributed by atoms with van der Waals surface area (Å²) in [6.45, 7) is 0. The van der Waals surface area contributed by atoms with Crippen molar-refractivity contribution in [3.8, 4) is 5.69 Å². The van der Waals surface area contributed by atoms with Crippen molar-refractivity contribution < 1.29 is 8.42 Å². The molecule has 9 heteroatoms. The predicted molar refractivity (Wildman–Crippen MR) is 123 cm³/mol. The van der Waals surface area contributed by atoms with Gasteiger partial charge in [-0.1, -0.05) is 60.1 Å². The first kappa shape index (κ1) is 21.5. The molecule has 0 spiro atoms. The lowest BCUT2D eigenvalue weighted by atomic mass is 10.1. The molecule has 0 bridgehead atoms. The van der Waals surface area contributed by atoms with Crippen LogP contribution < -0.4 is 4.72 Å². The fraction of sp³-hybridized carbons (Fsp3) is 0.0909. The summed E-state index contributed by atoms with van der Waals surface area (Å²) in [6.07, 6.45) is 0.389. The molecule has 0 aliphatic heterocycles. The molecule has 4 rings (SSSR count). The van der Waals surface area contributed by atoms with Gasteiger partial charge in [0.1, 0.15) is 0 Å². The van der Waals surface area contributed by atoms with Gasteiger partial charge in [-0.25, -0.2) is 13.1 Å². The van der Waals surface area contributed by atoms with E-state index in [1.165, 1.54) is 0 Å². The summed E-state index contributed by atoms with van der Waals surface area (Å²) < 4.78 is 31.1. The Hall–Kier alpha value is -2.78. The van der Waals surface area contributed by atoms with E-state index in [0.717, 1.165) is 11.3 Å². The molecule has 0 saturated carbocycles. The second-order valence-electron chi connectivity index (χ2n) is 6.88. The number of nitrogens with one attached hydrogen (secondary N) is 2. The number of halogens is 1. The summed E-state index contributed by atoms with van der Waals surface area (Å²) in [5.41, 5.74) is 1.69. The number of hydrogen-bond acceptors (Lipinski definition) is 4. The zero-order valence-corrected chi connectivity index (χ0v) is 18.7. The van der Waals surface area contributed by atoms with Gasteiger partial charge in [-0.15, -0.1) is 0 Å². The van der Waals surface area contributed by atoms with E-state index < -0.39 is 16.1 Å². The molecule has 0 saturated heterocycles. The van der Waals surface area contributed by atoms with E-state index >= 15 is 0 Å². The van der Waals surface area contributed by atoms with Crippen LogP contribution in [0.15, 0.2) is 89.8 Å². The smallest absolute Gasteiger partial charge is 0.241 e. The summed E-state index contributed by atoms with van der Waals surface area (Å²) in [7, 11) is -3.80. The maximum absolute atomic E-state index is 13.1. The summed E-state index contributed by atoms with van der Waals surface area (Å²) in [5.74, 6) is 0.454. The minimum absolute atomic E-state index is 0.181. The van der Waals surface area contributed by atoms with Crippen LogP contribution in [0.1, 0.15) is 17.4 Å². The number of benzene rings is 3. The fourth-order valence-electron chi connectivity index (χ4n) is 3.27. The van der Waals surface area contributed by atoms with E-state index in [4.69, 9.17) is 23.8 Å². The second-order valence-corrected chi connectivity index (χ2v) is 9.41. The third-order valence-electron chi connectivity index (χ3n) is 4.73. The molecule has 0 aliphatic rings. The predicted octanol–water partition coefficient (Wildman–Crippen LogP) is 4.85. The normalized spacial score (nSPS) is 12.5. The van der Waals surface area contributed by atoms with Crippen LogP contribution in [0.5, 0.6) is 0 Å². The van der Waals surface area contributed by atoms with Gasteiger partial charge in [0.25, 0.3) is 0 Å². The van der Waals surface area contributed by atoms with Gasteiger partial charge in [0, 0.05) is 10.7 Å². The van der Waals surface area contributed by atoms with Crippen LogP contribution in [0.25, 0.3) is 5.69 Å². The molecule has 0 fully saturated rings. The van der Waals surface area contributed by atoms with E-state index in [-0.39, 0.29) is 4.90 Å². The average molecular weight is 471 g/mol. The van der Waals surface area contributed by atoms with E-state index in [0.29, 0.717) is 22.0 Å². The maximum Gasteiger partial charge on any atom is 0.241 e. The summed E-state index contributed by atoms with van der Waals surface area (Å²) >= 11 is 11.5. The van der Waals surface area contributed by atoms with Crippen LogP contribution >= 0.6 is 23.8 Å². The van der Waals surface area contributed by atoms with Gasteiger partial charge in [0.05, 0.1) is 10.9 Å². The monoisotopic (exact) mass is 470 g/mol. The standard InChI is InChI=1S/C22H19ClN4O2S2/c23-17-11-13-18(14-12-17)27-21(24-25-22(27)30)20(15-16-7-3-1-4-8-16)26-31(28,29)19-9-5-2-6-10-19/h1-14,20,26H,15H2,(H,25,30)/t20-/m0/s1. The van der Waals surface area contributed by atoms with Crippen molar-refractivity contribution in [2.45, 2.75) is 17.4 Å². The van der Waals surface area contributed by atoms with Gasteiger partial charge in [-0.3, -0.25) is 9.67 Å². The Morgan fingerprint density at radius 1 is 0.968 bits per heavy atom. The largest absolute Gasteiger partial charge is 0.271 e. The Kier molecular flexibility index (Phi) is 6.33. The number of hydrogen-bond donors (Lipinski definition) is 2. The highest BCUT2D eigenvalue weighted by molar-refractivity contribution is 7.89. The van der Waals surface area contributed by atoms with Gasteiger partial charge >= 0.3 is 0 Å². The number of aromatic amines is 1. The summed E-state index contributed by atoms with van der Waals surface area (Å²) in [5, 5.41) is 7.75. The van der Waals surface area contributed by atoms with Gasteiger partial charge in [0.2, 0.25) is 10.0 Å². The molecule has 0 aliphatic carbocycles. The van der Waals surface area contributed by atoms with Gasteiger partial charge < -0.3 is 0 Å². The van der Waals surface area contributed by atoms with Crippen LogP contribution in [0.2, 0.25) is 5.02 Å². The molecular formula is C22H19ClN4O2S2. The topological polar surface area (TPSA) is 79.8 Å². The third-order valence-corrected chi connectivity index (χ3v) is 6.74. The number of aromatic nitrogens is 3. The van der Waals surface area contributed by atoms with Crippen LogP contribution in [0.3, 0.4) is 0 Å². The SMILES string of the molecule is O=S(=O)(N[C@@H](Cc1ccccc1)c1n[nH]c(=S)n1-c1ccc(Cl)cc1)c1ccccc1. The zero-order chi connectivity index (χ0) is 21.8. The zero-order valence-electron chi connectivity index (χ0n) is 16.3. The van der Waals surface area contributed by atoms with Crippen molar-refractivity contribution in [2.24, 2.45) is 0 Å². The molecule has 0 unspecified atom stereocenters. The molecule has 3 aromatic carbocycles. The van der Waals surface area contributed by atoms with Crippen molar-refractivity contribution in [3.63, 3.8) is 0 Å². The lowest BCUT2D eigenvalue weighted by molar-refractivity contribution is 0.538. The lowest BCUT2D eigenvalue weighted by Gasteiger charge is -2.19. The van der Waals surface area contributed by atoms with E-state index in [1.54, 1.807) is 47.0 Å². The number of nitrogens with zero attached hydrogens (tertiary/aromatic N) is 2. The van der Waals surface area contributed by atoms with Crippen molar-refractivity contribution in [1.29, 1.82) is 0 Å². The van der Waals surface area contributed by atoms with Gasteiger partial charge in [-0.05, 0) is 60.6 Å². The molecule has 1 aromatic heterocycles. The van der Waals surface area contributed by atoms with Crippen molar-refractivity contribution in [3.05, 3.63) is 106 Å². The Balaban J connectivity index is 1.79. The Morgan fingerprint density at radius 2 is 1.58 bits per heavy atom. The minimum atomic E-state index is -3.80. The molecule has 1 heterocycles. The first-order valence-corrected chi connectivity index (χ1v) is 11.8. The van der Waals surface area contributed by atoms with Crippen LogP contribution in [0, 0.1) is 4.77 Å². The molecule has 1 atom stereocenters. The Bertz CT molecular complexity index is 1320. The molecule has 0 amide bonds. The molecule has 2 N–H and O–H groups in total. The number of H-pyrrole nitrogens is 1. The van der Waals surface area contributed by atoms with Crippen LogP contribution in [-0.4, -0.2) is 23.2 Å². The van der Waals surface area contributed by atoms with Crippen molar-refractivity contribution >= 4 is 33.8 Å². The quantitative estimate of drug-likeness (QED) is 0.378. The Morgan fingerprint density at radius 3 is 2.23 bits per heavy atom. The van der Waals surface area contributed by atoms with Crippen LogP contribution in [0.4, 0.5) is 0 Å². The highest BCUT2D eigenvalue weighted by Crippen LogP contribution is 2.24. The number of sulfonamides is 1. The highest BCUT2D eigenvalue weighted by Gasteiger charge is 2.26. The van der Waals surface area contributed by atoms with Crippen molar-refractivity contribution in [2.75, 3.05) is 0 Å². The molecule has 0 radical (unpaired) electrons. The van der Waals surface area contributed by atoms with Crippen LogP contribution in [-0.2, 0) is 16.4 Å². The van der Waals surface area contributed by atoms with Crippen molar-refractivity contribution in [1.82, 2.24) is 19.5 Å². The third kappa shape index (κ3) is 4.94. The number of rotatable bonds is 7. The molecular weight excluding hydrogens is 452 g/mol. The van der Waals surface area contributed by atoms with E-state index in [1.807, 2.05) is 42.5 Å². The maximum atomic E-state index is 13.1. The first-order chi connectivity index (χ1) is 14.9. The molecule has 6 nitrogen and oxygen atoms in total. The Labute approximate surface area is 190 Å². The molecule has 31 heavy (non-hydrogen) atoms. The summed E-state index contributed by atoms with van der Waals surface area (Å²) in [6, 6.07) is 24.3. The first-order valence-electron chi connectivity index (χ1n) is 9.48. The average Bonchev–Trinajstić information content (AvgIpc) is 3.16. The highest BCUT2D eigenvalue weighted by atomic mass is 35.5. The fourth-order valence-corrected chi connectivity index (χ4v) is 4.86. The molecule has 4 aromatic rings. The minimum Gasteiger partial charge on any atom is -0.271 e. The second kappa shape index (κ2) is 9.15. The summed E-state index contributed by atoms with van der Waals surface area (Å²) in [4.78, 5) is 0.181. The van der Waals surface area contributed by atoms with E-state index in [2.05, 4.69) is 14.9 Å². The van der Waals surface area contributed by atoms with Gasteiger partial charge in [0.15, 0.2) is 10.6 Å². The lowest BCUT2D eigenvalue weighted by Crippen LogP contribution is -2.32. The van der Waals surface area contributed by atoms with Gasteiger partial charge in [-0.2, -0.15) is 5.10 Å².